The van der Waals surface area contributed by atoms with E-state index in [9.17, 15) is 13.2 Å². The molecule has 1 heterocycles. The summed E-state index contributed by atoms with van der Waals surface area (Å²) in [6.07, 6.45) is 1.20. The lowest BCUT2D eigenvalue weighted by Gasteiger charge is -2.25. The molecule has 1 N–H and O–H groups in total. The van der Waals surface area contributed by atoms with Crippen LogP contribution >= 0.6 is 15.9 Å². The molecule has 0 aliphatic carbocycles. The third-order valence-corrected chi connectivity index (χ3v) is 7.51. The molecule has 0 bridgehead atoms. The van der Waals surface area contributed by atoms with Gasteiger partial charge < -0.3 is 5.32 Å². The Morgan fingerprint density at radius 3 is 2.52 bits per heavy atom. The van der Waals surface area contributed by atoms with Crippen LogP contribution in [0.1, 0.15) is 36.9 Å². The summed E-state index contributed by atoms with van der Waals surface area (Å²) in [5.74, 6) is -0.258. The first kappa shape index (κ1) is 20.0. The summed E-state index contributed by atoms with van der Waals surface area (Å²) in [6, 6.07) is 13.5. The van der Waals surface area contributed by atoms with Gasteiger partial charge in [-0.1, -0.05) is 51.8 Å². The lowest BCUT2D eigenvalue weighted by molar-refractivity contribution is -0.124. The summed E-state index contributed by atoms with van der Waals surface area (Å²) in [5.41, 5.74) is 1.95. The zero-order chi connectivity index (χ0) is 19.6. The highest BCUT2D eigenvalue weighted by atomic mass is 79.9. The number of halogens is 1. The van der Waals surface area contributed by atoms with Gasteiger partial charge in [0, 0.05) is 11.0 Å². The van der Waals surface area contributed by atoms with E-state index in [2.05, 4.69) is 21.2 Å². The van der Waals surface area contributed by atoms with E-state index >= 15 is 0 Å². The number of hydrogen-bond donors (Lipinski definition) is 1. The number of carbonyl (C=O) groups is 1. The van der Waals surface area contributed by atoms with Crippen molar-refractivity contribution in [1.29, 1.82) is 0 Å². The molecule has 7 heteroatoms. The van der Waals surface area contributed by atoms with E-state index in [1.807, 2.05) is 38.1 Å². The number of nitrogens with one attached hydrogen (secondary N) is 1. The molecule has 1 aliphatic rings. The van der Waals surface area contributed by atoms with Crippen LogP contribution in [0.3, 0.4) is 0 Å². The zero-order valence-electron chi connectivity index (χ0n) is 15.4. The Kier molecular flexibility index (Phi) is 6.03. The van der Waals surface area contributed by atoms with E-state index in [1.54, 1.807) is 24.3 Å². The number of carbonyl (C=O) groups excluding carboxylic acids is 1. The van der Waals surface area contributed by atoms with Crippen LogP contribution in [0.4, 0.5) is 0 Å². The van der Waals surface area contributed by atoms with Crippen molar-refractivity contribution in [2.75, 3.05) is 6.54 Å². The molecule has 0 aromatic heterocycles. The molecular weight excluding hydrogens is 428 g/mol. The molecule has 1 aliphatic heterocycles. The van der Waals surface area contributed by atoms with Gasteiger partial charge in [0.15, 0.2) is 0 Å². The summed E-state index contributed by atoms with van der Waals surface area (Å²) >= 11 is 3.49. The van der Waals surface area contributed by atoms with Crippen LogP contribution in [0.5, 0.6) is 0 Å². The highest BCUT2D eigenvalue weighted by molar-refractivity contribution is 9.10. The van der Waals surface area contributed by atoms with E-state index in [-0.39, 0.29) is 16.8 Å². The molecule has 144 valence electrons. The van der Waals surface area contributed by atoms with Crippen LogP contribution in [0.15, 0.2) is 57.9 Å². The minimum atomic E-state index is -3.70. The van der Waals surface area contributed by atoms with E-state index in [0.717, 1.165) is 15.6 Å². The topological polar surface area (TPSA) is 66.5 Å². The van der Waals surface area contributed by atoms with Gasteiger partial charge in [0.05, 0.1) is 10.9 Å². The van der Waals surface area contributed by atoms with Crippen LogP contribution in [0, 0.1) is 6.92 Å². The molecule has 1 fully saturated rings. The molecule has 0 saturated carbocycles. The van der Waals surface area contributed by atoms with Crippen molar-refractivity contribution in [3.63, 3.8) is 0 Å². The molecule has 2 atom stereocenters. The quantitative estimate of drug-likeness (QED) is 0.753. The smallest absolute Gasteiger partial charge is 0.243 e. The maximum atomic E-state index is 13.0. The van der Waals surface area contributed by atoms with E-state index < -0.39 is 16.1 Å². The Bertz CT molecular complexity index is 928. The van der Waals surface area contributed by atoms with Crippen LogP contribution in [-0.2, 0) is 14.8 Å². The van der Waals surface area contributed by atoms with Crippen molar-refractivity contribution >= 4 is 31.9 Å². The molecule has 2 aromatic carbocycles. The standard InChI is InChI=1S/C20H23BrN2O3S/c1-14-9-11-16(12-10-14)27(25,26)23-13-5-8-19(23)20(24)22-15(2)17-6-3-4-7-18(17)21/h3-4,6-7,9-12,15,19H,5,8,13H2,1-2H3,(H,22,24)/t15?,19-/m0/s1. The molecule has 3 rings (SSSR count). The largest absolute Gasteiger partial charge is 0.348 e. The SMILES string of the molecule is Cc1ccc(S(=O)(=O)N2CCC[C@H]2C(=O)NC(C)c2ccccc2Br)cc1. The molecule has 27 heavy (non-hydrogen) atoms. The maximum absolute atomic E-state index is 13.0. The first-order chi connectivity index (χ1) is 12.8. The lowest BCUT2D eigenvalue weighted by atomic mass is 10.1. The third-order valence-electron chi connectivity index (χ3n) is 4.86. The van der Waals surface area contributed by atoms with Crippen molar-refractivity contribution < 1.29 is 13.2 Å². The molecule has 1 saturated heterocycles. The van der Waals surface area contributed by atoms with Gasteiger partial charge in [0.1, 0.15) is 6.04 Å². The van der Waals surface area contributed by atoms with Gasteiger partial charge in [-0.25, -0.2) is 8.42 Å². The number of amides is 1. The monoisotopic (exact) mass is 450 g/mol. The fraction of sp³-hybridized carbons (Fsp3) is 0.350. The number of benzene rings is 2. The van der Waals surface area contributed by atoms with E-state index in [0.29, 0.717) is 19.4 Å². The van der Waals surface area contributed by atoms with Gasteiger partial charge in [-0.3, -0.25) is 4.79 Å². The fourth-order valence-electron chi connectivity index (χ4n) is 3.35. The summed E-state index contributed by atoms with van der Waals surface area (Å²) in [5, 5.41) is 2.97. The van der Waals surface area contributed by atoms with Crippen LogP contribution in [0.2, 0.25) is 0 Å². The first-order valence-corrected chi connectivity index (χ1v) is 11.2. The second-order valence-corrected chi connectivity index (χ2v) is 9.58. The zero-order valence-corrected chi connectivity index (χ0v) is 17.8. The predicted molar refractivity (Wildman–Crippen MR) is 109 cm³/mol. The first-order valence-electron chi connectivity index (χ1n) is 8.94. The van der Waals surface area contributed by atoms with Gasteiger partial charge >= 0.3 is 0 Å². The van der Waals surface area contributed by atoms with E-state index in [1.165, 1.54) is 4.31 Å². The van der Waals surface area contributed by atoms with Crippen molar-refractivity contribution in [1.82, 2.24) is 9.62 Å². The summed E-state index contributed by atoms with van der Waals surface area (Å²) in [6.45, 7) is 4.16. The van der Waals surface area contributed by atoms with Crippen molar-refractivity contribution in [2.45, 2.75) is 43.7 Å². The third kappa shape index (κ3) is 4.25. The summed E-state index contributed by atoms with van der Waals surface area (Å²) in [4.78, 5) is 13.1. The Morgan fingerprint density at radius 2 is 1.85 bits per heavy atom. The van der Waals surface area contributed by atoms with Crippen LogP contribution in [0.25, 0.3) is 0 Å². The Labute approximate surface area is 169 Å². The summed E-state index contributed by atoms with van der Waals surface area (Å²) in [7, 11) is -3.70. The second-order valence-electron chi connectivity index (χ2n) is 6.84. The molecule has 0 spiro atoms. The minimum absolute atomic E-state index is 0.224. The van der Waals surface area contributed by atoms with Crippen molar-refractivity contribution in [3.8, 4) is 0 Å². The highest BCUT2D eigenvalue weighted by Crippen LogP contribution is 2.28. The Hall–Kier alpha value is -1.70. The van der Waals surface area contributed by atoms with Gasteiger partial charge in [0.2, 0.25) is 15.9 Å². The van der Waals surface area contributed by atoms with Gasteiger partial charge in [-0.15, -0.1) is 0 Å². The molecule has 5 nitrogen and oxygen atoms in total. The normalized spacial score (nSPS) is 19.0. The number of hydrogen-bond acceptors (Lipinski definition) is 3. The lowest BCUT2D eigenvalue weighted by Crippen LogP contribution is -2.46. The Balaban J connectivity index is 1.78. The predicted octanol–water partition coefficient (Wildman–Crippen LogP) is 3.79. The Morgan fingerprint density at radius 1 is 1.19 bits per heavy atom. The maximum Gasteiger partial charge on any atom is 0.243 e. The molecule has 0 radical (unpaired) electrons. The van der Waals surface area contributed by atoms with Crippen LogP contribution in [-0.4, -0.2) is 31.2 Å². The fourth-order valence-corrected chi connectivity index (χ4v) is 5.63. The molecular formula is C20H23BrN2O3S. The molecule has 1 amide bonds. The average molecular weight is 451 g/mol. The van der Waals surface area contributed by atoms with Gasteiger partial charge in [-0.05, 0) is 50.5 Å². The minimum Gasteiger partial charge on any atom is -0.348 e. The van der Waals surface area contributed by atoms with Crippen molar-refractivity contribution in [3.05, 3.63) is 64.1 Å². The number of aryl methyl sites for hydroxylation is 1. The number of nitrogens with zero attached hydrogens (tertiary/aromatic N) is 1. The van der Waals surface area contributed by atoms with Crippen molar-refractivity contribution in [2.24, 2.45) is 0 Å². The second kappa shape index (κ2) is 8.12. The molecule has 1 unspecified atom stereocenters. The van der Waals surface area contributed by atoms with Gasteiger partial charge in [0.25, 0.3) is 0 Å². The average Bonchev–Trinajstić information content (AvgIpc) is 3.13. The van der Waals surface area contributed by atoms with Crippen LogP contribution < -0.4 is 5.32 Å². The highest BCUT2D eigenvalue weighted by Gasteiger charge is 2.39. The van der Waals surface area contributed by atoms with Gasteiger partial charge in [-0.2, -0.15) is 4.31 Å². The molecule has 2 aromatic rings. The van der Waals surface area contributed by atoms with E-state index in [4.69, 9.17) is 0 Å². The summed E-state index contributed by atoms with van der Waals surface area (Å²) < 4.78 is 28.3. The number of sulfonamides is 1. The number of rotatable bonds is 5.